The van der Waals surface area contributed by atoms with E-state index in [2.05, 4.69) is 10.0 Å². The maximum atomic E-state index is 12.2. The number of nitrogens with one attached hydrogen (secondary N) is 2. The molecule has 1 atom stereocenters. The molecule has 0 heterocycles. The Labute approximate surface area is 155 Å². The van der Waals surface area contributed by atoms with Crippen LogP contribution in [0.3, 0.4) is 0 Å². The fourth-order valence-electron chi connectivity index (χ4n) is 1.81. The Morgan fingerprint density at radius 3 is 2.21 bits per heavy atom. The van der Waals surface area contributed by atoms with Gasteiger partial charge >= 0.3 is 0 Å². The Hall–Kier alpha value is -1.31. The molecular formula is C15H13Cl3N2O3S. The summed E-state index contributed by atoms with van der Waals surface area (Å²) in [7, 11) is -3.81. The number of anilines is 1. The summed E-state index contributed by atoms with van der Waals surface area (Å²) in [5, 5.41) is 3.17. The van der Waals surface area contributed by atoms with Crippen molar-refractivity contribution in [2.24, 2.45) is 0 Å². The Morgan fingerprint density at radius 2 is 1.58 bits per heavy atom. The summed E-state index contributed by atoms with van der Waals surface area (Å²) >= 11 is 17.7. The van der Waals surface area contributed by atoms with E-state index in [0.29, 0.717) is 0 Å². The van der Waals surface area contributed by atoms with Crippen LogP contribution in [0, 0.1) is 0 Å². The summed E-state index contributed by atoms with van der Waals surface area (Å²) in [6, 6.07) is 9.50. The number of carbonyl (C=O) groups is 1. The Kier molecular flexibility index (Phi) is 6.11. The zero-order valence-corrected chi connectivity index (χ0v) is 15.5. The minimum absolute atomic E-state index is 0.0669. The quantitative estimate of drug-likeness (QED) is 0.737. The predicted molar refractivity (Wildman–Crippen MR) is 96.3 cm³/mol. The van der Waals surface area contributed by atoms with Gasteiger partial charge in [-0.05, 0) is 31.2 Å². The van der Waals surface area contributed by atoms with Crippen molar-refractivity contribution in [2.75, 3.05) is 5.32 Å². The molecular weight excluding hydrogens is 395 g/mol. The molecule has 0 spiro atoms. The predicted octanol–water partition coefficient (Wildman–Crippen LogP) is 3.95. The van der Waals surface area contributed by atoms with E-state index in [1.807, 2.05) is 0 Å². The second-order valence-corrected chi connectivity index (χ2v) is 7.83. The summed E-state index contributed by atoms with van der Waals surface area (Å²) in [4.78, 5) is 12.3. The first kappa shape index (κ1) is 19.0. The van der Waals surface area contributed by atoms with Gasteiger partial charge in [-0.15, -0.1) is 0 Å². The highest BCUT2D eigenvalue weighted by molar-refractivity contribution is 7.89. The lowest BCUT2D eigenvalue weighted by molar-refractivity contribution is -0.117. The van der Waals surface area contributed by atoms with Crippen molar-refractivity contribution < 1.29 is 13.2 Å². The molecule has 5 nitrogen and oxygen atoms in total. The number of rotatable bonds is 5. The van der Waals surface area contributed by atoms with Crippen molar-refractivity contribution in [3.63, 3.8) is 0 Å². The number of hydrogen-bond donors (Lipinski definition) is 2. The van der Waals surface area contributed by atoms with Crippen LogP contribution in [-0.2, 0) is 14.8 Å². The van der Waals surface area contributed by atoms with Gasteiger partial charge in [-0.25, -0.2) is 8.42 Å². The summed E-state index contributed by atoms with van der Waals surface area (Å²) < 4.78 is 26.7. The van der Waals surface area contributed by atoms with Crippen LogP contribution in [0.5, 0.6) is 0 Å². The topological polar surface area (TPSA) is 75.3 Å². The van der Waals surface area contributed by atoms with Crippen LogP contribution in [-0.4, -0.2) is 20.4 Å². The zero-order valence-electron chi connectivity index (χ0n) is 12.4. The normalized spacial score (nSPS) is 12.7. The van der Waals surface area contributed by atoms with Gasteiger partial charge in [-0.1, -0.05) is 53.0 Å². The second kappa shape index (κ2) is 7.72. The molecule has 0 bridgehead atoms. The smallest absolute Gasteiger partial charge is 0.242 e. The molecule has 2 aromatic carbocycles. The lowest BCUT2D eigenvalue weighted by Gasteiger charge is -2.15. The number of hydrogen-bond acceptors (Lipinski definition) is 3. The molecule has 128 valence electrons. The highest BCUT2D eigenvalue weighted by Gasteiger charge is 2.22. The first-order valence-electron chi connectivity index (χ1n) is 6.73. The van der Waals surface area contributed by atoms with Gasteiger partial charge in [0.05, 0.1) is 31.7 Å². The molecule has 2 N–H and O–H groups in total. The number of amides is 1. The van der Waals surface area contributed by atoms with Crippen LogP contribution in [0.4, 0.5) is 5.69 Å². The molecule has 0 unspecified atom stereocenters. The molecule has 0 radical (unpaired) electrons. The molecule has 2 rings (SSSR count). The van der Waals surface area contributed by atoms with Crippen molar-refractivity contribution in [1.29, 1.82) is 0 Å². The summed E-state index contributed by atoms with van der Waals surface area (Å²) in [6.07, 6.45) is 0. The van der Waals surface area contributed by atoms with E-state index >= 15 is 0 Å². The molecule has 0 fully saturated rings. The molecule has 0 saturated heterocycles. The second-order valence-electron chi connectivity index (χ2n) is 4.89. The fraction of sp³-hybridized carbons (Fsp3) is 0.133. The Balaban J connectivity index is 2.12. The van der Waals surface area contributed by atoms with Crippen LogP contribution in [0.15, 0.2) is 47.4 Å². The van der Waals surface area contributed by atoms with Crippen LogP contribution in [0.2, 0.25) is 15.1 Å². The standard InChI is InChI=1S/C15H13Cl3N2O3S/c1-9(20-24(22,23)10-5-3-2-4-6-10)15(21)19-14-8-12(17)11(16)7-13(14)18/h2-9,20H,1H3,(H,19,21)/t9-/m0/s1. The van der Waals surface area contributed by atoms with Gasteiger partial charge in [0.2, 0.25) is 15.9 Å². The summed E-state index contributed by atoms with van der Waals surface area (Å²) in [5.74, 6) is -0.588. The molecule has 0 aliphatic carbocycles. The molecule has 24 heavy (non-hydrogen) atoms. The molecule has 0 aromatic heterocycles. The molecule has 1 amide bonds. The van der Waals surface area contributed by atoms with Gasteiger partial charge in [-0.3, -0.25) is 4.79 Å². The van der Waals surface area contributed by atoms with Crippen LogP contribution in [0.1, 0.15) is 6.92 Å². The average molecular weight is 408 g/mol. The lowest BCUT2D eigenvalue weighted by Crippen LogP contribution is -2.41. The van der Waals surface area contributed by atoms with Gasteiger partial charge in [0, 0.05) is 0 Å². The van der Waals surface area contributed by atoms with Gasteiger partial charge in [0.25, 0.3) is 0 Å². The summed E-state index contributed by atoms with van der Waals surface area (Å²) in [6.45, 7) is 1.42. The van der Waals surface area contributed by atoms with E-state index in [1.165, 1.54) is 31.2 Å². The Morgan fingerprint density at radius 1 is 1.00 bits per heavy atom. The van der Waals surface area contributed by atoms with Crippen molar-refractivity contribution in [3.8, 4) is 0 Å². The molecule has 0 aliphatic heterocycles. The van der Waals surface area contributed by atoms with Crippen molar-refractivity contribution >= 4 is 56.4 Å². The van der Waals surface area contributed by atoms with Crippen molar-refractivity contribution in [2.45, 2.75) is 17.9 Å². The lowest BCUT2D eigenvalue weighted by atomic mass is 10.3. The largest absolute Gasteiger partial charge is 0.323 e. The third kappa shape index (κ3) is 4.62. The minimum atomic E-state index is -3.81. The van der Waals surface area contributed by atoms with E-state index in [0.717, 1.165) is 0 Å². The third-order valence-electron chi connectivity index (χ3n) is 3.05. The monoisotopic (exact) mass is 406 g/mol. The third-order valence-corrected chi connectivity index (χ3v) is 5.64. The van der Waals surface area contributed by atoms with Gasteiger partial charge < -0.3 is 5.32 Å². The first-order chi connectivity index (χ1) is 11.2. The molecule has 2 aromatic rings. The van der Waals surface area contributed by atoms with Gasteiger partial charge in [0.1, 0.15) is 0 Å². The number of benzene rings is 2. The number of carbonyl (C=O) groups excluding carboxylic acids is 1. The van der Waals surface area contributed by atoms with Crippen LogP contribution < -0.4 is 10.0 Å². The minimum Gasteiger partial charge on any atom is -0.323 e. The molecule has 0 saturated carbocycles. The maximum Gasteiger partial charge on any atom is 0.242 e. The van der Waals surface area contributed by atoms with Gasteiger partial charge in [0.15, 0.2) is 0 Å². The molecule has 9 heteroatoms. The SMILES string of the molecule is C[C@H](NS(=O)(=O)c1ccccc1)C(=O)Nc1cc(Cl)c(Cl)cc1Cl. The van der Waals surface area contributed by atoms with E-state index in [4.69, 9.17) is 34.8 Å². The van der Waals surface area contributed by atoms with Crippen molar-refractivity contribution in [1.82, 2.24) is 4.72 Å². The van der Waals surface area contributed by atoms with E-state index in [-0.39, 0.29) is 25.7 Å². The van der Waals surface area contributed by atoms with Crippen molar-refractivity contribution in [3.05, 3.63) is 57.5 Å². The maximum absolute atomic E-state index is 12.2. The summed E-state index contributed by atoms with van der Waals surface area (Å²) in [5.41, 5.74) is 0.238. The number of halogens is 3. The fourth-order valence-corrected chi connectivity index (χ4v) is 3.63. The molecule has 0 aliphatic rings. The zero-order chi connectivity index (χ0) is 17.9. The Bertz CT molecular complexity index is 858. The van der Waals surface area contributed by atoms with E-state index < -0.39 is 22.0 Å². The highest BCUT2D eigenvalue weighted by Crippen LogP contribution is 2.32. The van der Waals surface area contributed by atoms with Crippen LogP contribution in [0.25, 0.3) is 0 Å². The highest BCUT2D eigenvalue weighted by atomic mass is 35.5. The van der Waals surface area contributed by atoms with Crippen LogP contribution >= 0.6 is 34.8 Å². The number of sulfonamides is 1. The van der Waals surface area contributed by atoms with Gasteiger partial charge in [-0.2, -0.15) is 4.72 Å². The van der Waals surface area contributed by atoms with E-state index in [9.17, 15) is 13.2 Å². The first-order valence-corrected chi connectivity index (χ1v) is 9.35. The average Bonchev–Trinajstić information content (AvgIpc) is 2.53. The van der Waals surface area contributed by atoms with E-state index in [1.54, 1.807) is 18.2 Å².